The summed E-state index contributed by atoms with van der Waals surface area (Å²) in [4.78, 5) is 10.6. The normalized spacial score (nSPS) is 10.1. The van der Waals surface area contributed by atoms with Gasteiger partial charge in [-0.1, -0.05) is 30.3 Å². The van der Waals surface area contributed by atoms with Crippen molar-refractivity contribution in [1.29, 1.82) is 0 Å². The lowest BCUT2D eigenvalue weighted by molar-refractivity contribution is 0.111. The molecule has 0 aliphatic rings. The zero-order valence-electron chi connectivity index (χ0n) is 8.96. The number of aromatic nitrogens is 2. The van der Waals surface area contributed by atoms with Crippen molar-refractivity contribution < 1.29 is 9.53 Å². The van der Waals surface area contributed by atoms with Crippen molar-refractivity contribution >= 4 is 6.29 Å². The number of nitrogens with zero attached hydrogens (tertiary/aromatic N) is 2. The Morgan fingerprint density at radius 3 is 2.75 bits per heavy atom. The van der Waals surface area contributed by atoms with E-state index in [-0.39, 0.29) is 0 Å². The summed E-state index contributed by atoms with van der Waals surface area (Å²) in [6, 6.07) is 11.4. The van der Waals surface area contributed by atoms with Gasteiger partial charge in [-0.3, -0.25) is 9.48 Å². The summed E-state index contributed by atoms with van der Waals surface area (Å²) in [5.41, 5.74) is 1.57. The van der Waals surface area contributed by atoms with Crippen LogP contribution in [0.4, 0.5) is 0 Å². The van der Waals surface area contributed by atoms with Gasteiger partial charge in [0.1, 0.15) is 12.3 Å². The first kappa shape index (κ1) is 10.4. The standard InChI is InChI=1S/C12H12N2O2/c1-14-11(8-15)7-12(13-14)16-9-10-5-3-2-4-6-10/h2-8H,9H2,1H3. The molecule has 0 saturated heterocycles. The van der Waals surface area contributed by atoms with Crippen LogP contribution in [0.1, 0.15) is 16.1 Å². The van der Waals surface area contributed by atoms with Gasteiger partial charge >= 0.3 is 0 Å². The third kappa shape index (κ3) is 2.28. The molecule has 0 spiro atoms. The second-order valence-corrected chi connectivity index (χ2v) is 3.42. The summed E-state index contributed by atoms with van der Waals surface area (Å²) >= 11 is 0. The lowest BCUT2D eigenvalue weighted by Gasteiger charge is -2.01. The van der Waals surface area contributed by atoms with Gasteiger partial charge in [-0.05, 0) is 5.56 Å². The maximum atomic E-state index is 10.6. The minimum atomic E-state index is 0.455. The van der Waals surface area contributed by atoms with Crippen LogP contribution in [0.15, 0.2) is 36.4 Å². The van der Waals surface area contributed by atoms with Crippen LogP contribution < -0.4 is 4.74 Å². The predicted molar refractivity (Wildman–Crippen MR) is 59.4 cm³/mol. The molecule has 0 atom stereocenters. The van der Waals surface area contributed by atoms with Crippen LogP contribution in [0.5, 0.6) is 5.88 Å². The molecule has 1 aromatic carbocycles. The monoisotopic (exact) mass is 216 g/mol. The molecule has 16 heavy (non-hydrogen) atoms. The van der Waals surface area contributed by atoms with Crippen molar-refractivity contribution in [2.24, 2.45) is 7.05 Å². The van der Waals surface area contributed by atoms with Crippen LogP contribution >= 0.6 is 0 Å². The molecule has 1 aromatic heterocycles. The van der Waals surface area contributed by atoms with Gasteiger partial charge in [0.05, 0.1) is 0 Å². The lowest BCUT2D eigenvalue weighted by atomic mass is 10.2. The molecular weight excluding hydrogens is 204 g/mol. The van der Waals surface area contributed by atoms with Gasteiger partial charge in [-0.2, -0.15) is 0 Å². The summed E-state index contributed by atoms with van der Waals surface area (Å²) in [6.07, 6.45) is 0.752. The Balaban J connectivity index is 2.02. The molecule has 0 saturated carbocycles. The molecule has 0 amide bonds. The Hall–Kier alpha value is -2.10. The first-order valence-corrected chi connectivity index (χ1v) is 4.95. The highest BCUT2D eigenvalue weighted by atomic mass is 16.5. The SMILES string of the molecule is Cn1nc(OCc2ccccc2)cc1C=O. The first-order valence-electron chi connectivity index (χ1n) is 4.95. The third-order valence-corrected chi connectivity index (χ3v) is 2.24. The van der Waals surface area contributed by atoms with Gasteiger partial charge < -0.3 is 4.74 Å². The highest BCUT2D eigenvalue weighted by Gasteiger charge is 2.04. The zero-order valence-corrected chi connectivity index (χ0v) is 8.96. The number of hydrogen-bond donors (Lipinski definition) is 0. The molecule has 0 radical (unpaired) electrons. The second kappa shape index (κ2) is 4.61. The zero-order chi connectivity index (χ0) is 11.4. The molecule has 0 unspecified atom stereocenters. The Morgan fingerprint density at radius 1 is 1.38 bits per heavy atom. The van der Waals surface area contributed by atoms with Gasteiger partial charge in [-0.15, -0.1) is 5.10 Å². The highest BCUT2D eigenvalue weighted by Crippen LogP contribution is 2.11. The second-order valence-electron chi connectivity index (χ2n) is 3.42. The van der Waals surface area contributed by atoms with Crippen LogP contribution in [0.2, 0.25) is 0 Å². The molecule has 0 fully saturated rings. The molecule has 0 aliphatic heterocycles. The Bertz CT molecular complexity index is 477. The van der Waals surface area contributed by atoms with E-state index in [9.17, 15) is 4.79 Å². The minimum absolute atomic E-state index is 0.455. The molecule has 4 heteroatoms. The van der Waals surface area contributed by atoms with E-state index >= 15 is 0 Å². The molecular formula is C12H12N2O2. The average molecular weight is 216 g/mol. The van der Waals surface area contributed by atoms with Crippen molar-refractivity contribution in [1.82, 2.24) is 9.78 Å². The molecule has 0 bridgehead atoms. The summed E-state index contributed by atoms with van der Waals surface area (Å²) in [5, 5.41) is 4.06. The number of ether oxygens (including phenoxy) is 1. The largest absolute Gasteiger partial charge is 0.472 e. The average Bonchev–Trinajstić information content (AvgIpc) is 2.69. The highest BCUT2D eigenvalue weighted by molar-refractivity contribution is 5.72. The summed E-state index contributed by atoms with van der Waals surface area (Å²) < 4.78 is 6.96. The number of rotatable bonds is 4. The Labute approximate surface area is 93.5 Å². The van der Waals surface area contributed by atoms with E-state index in [4.69, 9.17) is 4.74 Å². The molecule has 0 N–H and O–H groups in total. The Morgan fingerprint density at radius 2 is 2.12 bits per heavy atom. The number of hydrogen-bond acceptors (Lipinski definition) is 3. The van der Waals surface area contributed by atoms with E-state index in [0.717, 1.165) is 11.8 Å². The van der Waals surface area contributed by atoms with E-state index in [1.165, 1.54) is 4.68 Å². The topological polar surface area (TPSA) is 44.1 Å². The van der Waals surface area contributed by atoms with E-state index < -0.39 is 0 Å². The maximum absolute atomic E-state index is 10.6. The van der Waals surface area contributed by atoms with Crippen molar-refractivity contribution in [3.8, 4) is 5.88 Å². The van der Waals surface area contributed by atoms with Gasteiger partial charge in [0.25, 0.3) is 0 Å². The number of carbonyl (C=O) groups excluding carboxylic acids is 1. The number of benzene rings is 1. The number of carbonyl (C=O) groups is 1. The quantitative estimate of drug-likeness (QED) is 0.732. The van der Waals surface area contributed by atoms with Crippen molar-refractivity contribution in [3.63, 3.8) is 0 Å². The van der Waals surface area contributed by atoms with E-state index in [1.54, 1.807) is 13.1 Å². The fourth-order valence-corrected chi connectivity index (χ4v) is 1.37. The van der Waals surface area contributed by atoms with Gasteiger partial charge in [0.15, 0.2) is 6.29 Å². The Kier molecular flexibility index (Phi) is 3.00. The number of aryl methyl sites for hydroxylation is 1. The molecule has 0 aliphatic carbocycles. The van der Waals surface area contributed by atoms with Crippen molar-refractivity contribution in [2.45, 2.75) is 6.61 Å². The van der Waals surface area contributed by atoms with Crippen LogP contribution in [-0.4, -0.2) is 16.1 Å². The molecule has 82 valence electrons. The summed E-state index contributed by atoms with van der Waals surface area (Å²) in [6.45, 7) is 0.455. The van der Waals surface area contributed by atoms with Crippen molar-refractivity contribution in [3.05, 3.63) is 47.7 Å². The predicted octanol–water partition coefficient (Wildman–Crippen LogP) is 1.81. The molecule has 2 aromatic rings. The van der Waals surface area contributed by atoms with E-state index in [0.29, 0.717) is 18.2 Å². The fraction of sp³-hybridized carbons (Fsp3) is 0.167. The fourth-order valence-electron chi connectivity index (χ4n) is 1.37. The van der Waals surface area contributed by atoms with Crippen LogP contribution in [0.25, 0.3) is 0 Å². The van der Waals surface area contributed by atoms with Crippen LogP contribution in [-0.2, 0) is 13.7 Å². The smallest absolute Gasteiger partial charge is 0.233 e. The van der Waals surface area contributed by atoms with Crippen LogP contribution in [0, 0.1) is 0 Å². The molecule has 4 nitrogen and oxygen atoms in total. The summed E-state index contributed by atoms with van der Waals surface area (Å²) in [5.74, 6) is 0.466. The maximum Gasteiger partial charge on any atom is 0.233 e. The van der Waals surface area contributed by atoms with Crippen LogP contribution in [0.3, 0.4) is 0 Å². The van der Waals surface area contributed by atoms with E-state index in [2.05, 4.69) is 5.10 Å². The third-order valence-electron chi connectivity index (χ3n) is 2.24. The lowest BCUT2D eigenvalue weighted by Crippen LogP contribution is -1.98. The first-order chi connectivity index (χ1) is 7.79. The molecule has 2 rings (SSSR count). The van der Waals surface area contributed by atoms with Gasteiger partial charge in [-0.25, -0.2) is 0 Å². The van der Waals surface area contributed by atoms with Gasteiger partial charge in [0, 0.05) is 13.1 Å². The van der Waals surface area contributed by atoms with Crippen molar-refractivity contribution in [2.75, 3.05) is 0 Å². The molecule has 1 heterocycles. The summed E-state index contributed by atoms with van der Waals surface area (Å²) in [7, 11) is 1.71. The minimum Gasteiger partial charge on any atom is -0.472 e. The van der Waals surface area contributed by atoms with Gasteiger partial charge in [0.2, 0.25) is 5.88 Å². The van der Waals surface area contributed by atoms with E-state index in [1.807, 2.05) is 30.3 Å². The number of aldehydes is 1.